The van der Waals surface area contributed by atoms with Crippen LogP contribution in [0.5, 0.6) is 5.75 Å². The van der Waals surface area contributed by atoms with Crippen molar-refractivity contribution in [2.75, 3.05) is 6.61 Å². The Hall–Kier alpha value is -3.25. The summed E-state index contributed by atoms with van der Waals surface area (Å²) < 4.78 is 51.7. The number of alkyl halides is 3. The monoisotopic (exact) mass is 464 g/mol. The highest BCUT2D eigenvalue weighted by Gasteiger charge is 2.40. The Balaban J connectivity index is 1.85. The van der Waals surface area contributed by atoms with E-state index in [0.717, 1.165) is 0 Å². The largest absolute Gasteiger partial charge is 0.480 e. The van der Waals surface area contributed by atoms with E-state index in [9.17, 15) is 13.2 Å². The van der Waals surface area contributed by atoms with Crippen LogP contribution in [0.1, 0.15) is 16.8 Å². The van der Waals surface area contributed by atoms with Gasteiger partial charge in [-0.05, 0) is 24.1 Å². The Labute approximate surface area is 171 Å². The van der Waals surface area contributed by atoms with Gasteiger partial charge in [-0.2, -0.15) is 13.2 Å². The highest BCUT2D eigenvalue weighted by atomic mass is 79.9. The van der Waals surface area contributed by atoms with Crippen LogP contribution in [0.3, 0.4) is 0 Å². The number of hydrogen-bond acceptors (Lipinski definition) is 5. The minimum absolute atomic E-state index is 0.215. The first kappa shape index (κ1) is 20.5. The molecule has 5 nitrogen and oxygen atoms in total. The average molecular weight is 465 g/mol. The molecule has 1 N–H and O–H groups in total. The van der Waals surface area contributed by atoms with Crippen molar-refractivity contribution in [1.29, 1.82) is 0 Å². The van der Waals surface area contributed by atoms with E-state index >= 15 is 0 Å². The lowest BCUT2D eigenvalue weighted by Gasteiger charge is -2.06. The lowest BCUT2D eigenvalue weighted by molar-refractivity contribution is -0.137. The molecule has 0 atom stereocenters. The molecule has 1 heterocycles. The summed E-state index contributed by atoms with van der Waals surface area (Å²) in [5, 5.41) is 15.1. The Morgan fingerprint density at radius 1 is 1.21 bits per heavy atom. The molecule has 0 aliphatic heterocycles. The Kier molecular flexibility index (Phi) is 6.24. The van der Waals surface area contributed by atoms with Gasteiger partial charge in [-0.15, -0.1) is 0 Å². The molecule has 0 spiro atoms. The van der Waals surface area contributed by atoms with Gasteiger partial charge < -0.3 is 14.5 Å². The van der Waals surface area contributed by atoms with E-state index in [4.69, 9.17) is 14.5 Å². The molecule has 0 saturated heterocycles. The van der Waals surface area contributed by atoms with Gasteiger partial charge in [-0.3, -0.25) is 0 Å². The maximum atomic E-state index is 13.5. The fourth-order valence-corrected chi connectivity index (χ4v) is 2.80. The fraction of sp³-hybridized carbons (Fsp3) is 0.100. The second-order valence-corrected chi connectivity index (χ2v) is 6.53. The summed E-state index contributed by atoms with van der Waals surface area (Å²) in [6.45, 7) is -0.215. The van der Waals surface area contributed by atoms with E-state index in [1.54, 1.807) is 36.4 Å². The van der Waals surface area contributed by atoms with E-state index < -0.39 is 23.2 Å². The van der Waals surface area contributed by atoms with Crippen LogP contribution in [0.2, 0.25) is 0 Å². The smallest absolute Gasteiger partial charge is 0.422 e. The van der Waals surface area contributed by atoms with Crippen molar-refractivity contribution < 1.29 is 27.6 Å². The molecule has 0 unspecified atom stereocenters. The SMILES string of the molecule is O/N=C/c1ccc(Br)cc1OCC#Cc1noc(-c2ccccc2)c1C(F)(F)F. The van der Waals surface area contributed by atoms with Crippen molar-refractivity contribution in [2.24, 2.45) is 5.16 Å². The van der Waals surface area contributed by atoms with Crippen LogP contribution in [-0.4, -0.2) is 23.2 Å². The van der Waals surface area contributed by atoms with Crippen LogP contribution in [0.15, 0.2) is 62.7 Å². The second kappa shape index (κ2) is 8.84. The predicted molar refractivity (Wildman–Crippen MR) is 103 cm³/mol. The Morgan fingerprint density at radius 3 is 2.66 bits per heavy atom. The third-order valence-electron chi connectivity index (χ3n) is 3.69. The number of nitrogens with zero attached hydrogens (tertiary/aromatic N) is 2. The van der Waals surface area contributed by atoms with Gasteiger partial charge in [0.2, 0.25) is 0 Å². The van der Waals surface area contributed by atoms with Gasteiger partial charge in [0, 0.05) is 15.6 Å². The summed E-state index contributed by atoms with van der Waals surface area (Å²) in [5.74, 6) is 4.80. The quantitative estimate of drug-likeness (QED) is 0.244. The van der Waals surface area contributed by atoms with E-state index in [-0.39, 0.29) is 12.2 Å². The summed E-state index contributed by atoms with van der Waals surface area (Å²) in [7, 11) is 0. The minimum Gasteiger partial charge on any atom is -0.480 e. The van der Waals surface area contributed by atoms with Gasteiger partial charge in [-0.1, -0.05) is 62.5 Å². The third-order valence-corrected chi connectivity index (χ3v) is 4.18. The van der Waals surface area contributed by atoms with Gasteiger partial charge in [0.05, 0.1) is 6.21 Å². The van der Waals surface area contributed by atoms with Gasteiger partial charge in [-0.25, -0.2) is 0 Å². The normalized spacial score (nSPS) is 11.3. The van der Waals surface area contributed by atoms with Crippen LogP contribution in [0.4, 0.5) is 13.2 Å². The lowest BCUT2D eigenvalue weighted by Crippen LogP contribution is -2.08. The number of halogens is 4. The molecular formula is C20H12BrF3N2O3. The first-order chi connectivity index (χ1) is 13.9. The Bertz CT molecular complexity index is 1080. The molecule has 0 amide bonds. The zero-order valence-electron chi connectivity index (χ0n) is 14.6. The fourth-order valence-electron chi connectivity index (χ4n) is 2.46. The van der Waals surface area contributed by atoms with Crippen LogP contribution >= 0.6 is 15.9 Å². The maximum absolute atomic E-state index is 13.5. The molecule has 3 aromatic rings. The highest BCUT2D eigenvalue weighted by molar-refractivity contribution is 9.10. The van der Waals surface area contributed by atoms with Gasteiger partial charge in [0.1, 0.15) is 17.9 Å². The molecule has 0 fully saturated rings. The highest BCUT2D eigenvalue weighted by Crippen LogP contribution is 2.39. The van der Waals surface area contributed by atoms with Gasteiger partial charge in [0.15, 0.2) is 11.5 Å². The summed E-state index contributed by atoms with van der Waals surface area (Å²) in [6, 6.07) is 12.8. The summed E-state index contributed by atoms with van der Waals surface area (Å²) >= 11 is 3.28. The number of benzene rings is 2. The standard InChI is InChI=1S/C20H12BrF3N2O3/c21-15-9-8-14(12-25-27)17(11-15)28-10-4-7-16-18(20(22,23)24)19(29-26-16)13-5-2-1-3-6-13/h1-3,5-6,8-9,11-12,27H,10H2/b25-12+. The molecule has 0 aliphatic rings. The number of rotatable bonds is 4. The number of aromatic nitrogens is 1. The van der Waals surface area contributed by atoms with Gasteiger partial charge in [0.25, 0.3) is 0 Å². The predicted octanol–water partition coefficient (Wildman–Crippen LogP) is 5.36. The second-order valence-electron chi connectivity index (χ2n) is 5.62. The average Bonchev–Trinajstić information content (AvgIpc) is 3.12. The molecule has 0 aliphatic carbocycles. The van der Waals surface area contributed by atoms with E-state index in [2.05, 4.69) is 38.1 Å². The van der Waals surface area contributed by atoms with Crippen LogP contribution in [0.25, 0.3) is 11.3 Å². The number of oxime groups is 1. The molecule has 0 radical (unpaired) electrons. The molecule has 0 saturated carbocycles. The summed E-state index contributed by atoms with van der Waals surface area (Å²) in [6.07, 6.45) is -3.52. The van der Waals surface area contributed by atoms with E-state index in [1.807, 2.05) is 0 Å². The maximum Gasteiger partial charge on any atom is 0.422 e. The number of hydrogen-bond donors (Lipinski definition) is 1. The van der Waals surface area contributed by atoms with Crippen molar-refractivity contribution in [3.63, 3.8) is 0 Å². The van der Waals surface area contributed by atoms with Crippen molar-refractivity contribution in [3.8, 4) is 28.9 Å². The first-order valence-corrected chi connectivity index (χ1v) is 8.90. The molecule has 0 bridgehead atoms. The third kappa shape index (κ3) is 4.97. The topological polar surface area (TPSA) is 67.9 Å². The zero-order chi connectivity index (χ0) is 20.9. The van der Waals surface area contributed by atoms with Crippen molar-refractivity contribution in [1.82, 2.24) is 5.16 Å². The molecular weight excluding hydrogens is 453 g/mol. The van der Waals surface area contributed by atoms with Crippen molar-refractivity contribution in [3.05, 3.63) is 69.8 Å². The van der Waals surface area contributed by atoms with Crippen molar-refractivity contribution in [2.45, 2.75) is 6.18 Å². The van der Waals surface area contributed by atoms with Gasteiger partial charge >= 0.3 is 6.18 Å². The lowest BCUT2D eigenvalue weighted by atomic mass is 10.1. The Morgan fingerprint density at radius 2 is 1.97 bits per heavy atom. The molecule has 9 heteroatoms. The zero-order valence-corrected chi connectivity index (χ0v) is 16.2. The molecule has 148 valence electrons. The molecule has 2 aromatic carbocycles. The minimum atomic E-state index is -4.69. The molecule has 1 aromatic heterocycles. The van der Waals surface area contributed by atoms with Crippen molar-refractivity contribution >= 4 is 22.1 Å². The van der Waals surface area contributed by atoms with Crippen LogP contribution < -0.4 is 4.74 Å². The first-order valence-electron chi connectivity index (χ1n) is 8.11. The summed E-state index contributed by atoms with van der Waals surface area (Å²) in [4.78, 5) is 0. The van der Waals surface area contributed by atoms with E-state index in [1.165, 1.54) is 18.3 Å². The van der Waals surface area contributed by atoms with E-state index in [0.29, 0.717) is 15.8 Å². The van der Waals surface area contributed by atoms with Crippen LogP contribution in [-0.2, 0) is 6.18 Å². The van der Waals surface area contributed by atoms with Crippen LogP contribution in [0, 0.1) is 11.8 Å². The summed E-state index contributed by atoms with van der Waals surface area (Å²) in [5.41, 5.74) is -0.835. The number of ether oxygens (including phenoxy) is 1. The molecule has 3 rings (SSSR count). The molecule has 29 heavy (non-hydrogen) atoms.